The molecule has 3 heterocycles. The summed E-state index contributed by atoms with van der Waals surface area (Å²) in [5.41, 5.74) is 4.73. The maximum absolute atomic E-state index is 4.94. The molecule has 2 aliphatic rings. The lowest BCUT2D eigenvalue weighted by atomic mass is 10.1. The Morgan fingerprint density at radius 3 is 2.80 bits per heavy atom. The van der Waals surface area contributed by atoms with E-state index >= 15 is 0 Å². The first-order valence-corrected chi connectivity index (χ1v) is 9.01. The molecule has 25 heavy (non-hydrogen) atoms. The maximum atomic E-state index is 4.94. The molecule has 0 saturated heterocycles. The Morgan fingerprint density at radius 1 is 1.16 bits per heavy atom. The molecule has 0 N–H and O–H groups in total. The molecular weight excluding hydrogens is 312 g/mol. The number of hydrogen-bond donors (Lipinski definition) is 0. The molecule has 1 aliphatic carbocycles. The van der Waals surface area contributed by atoms with E-state index in [0.29, 0.717) is 5.92 Å². The van der Waals surface area contributed by atoms with Crippen molar-refractivity contribution in [3.05, 3.63) is 59.4 Å². The van der Waals surface area contributed by atoms with Crippen LogP contribution in [-0.4, -0.2) is 36.0 Å². The fourth-order valence-electron chi connectivity index (χ4n) is 3.75. The second-order valence-electron chi connectivity index (χ2n) is 7.15. The average molecular weight is 334 g/mol. The van der Waals surface area contributed by atoms with E-state index in [4.69, 9.17) is 4.98 Å². The van der Waals surface area contributed by atoms with Crippen LogP contribution in [0.25, 0.3) is 5.69 Å². The third-order valence-corrected chi connectivity index (χ3v) is 5.26. The molecule has 6 nitrogen and oxygen atoms in total. The fraction of sp³-hybridized carbons (Fsp3) is 0.421. The number of hydrogen-bond acceptors (Lipinski definition) is 4. The van der Waals surface area contributed by atoms with Crippen LogP contribution in [0.4, 0.5) is 0 Å². The minimum absolute atomic E-state index is 0.704. The normalized spacial score (nSPS) is 17.6. The molecular formula is C19H22N6. The lowest BCUT2D eigenvalue weighted by molar-refractivity contribution is 0.237. The Hall–Kier alpha value is -2.47. The van der Waals surface area contributed by atoms with Gasteiger partial charge in [0.2, 0.25) is 0 Å². The highest BCUT2D eigenvalue weighted by Crippen LogP contribution is 2.40. The van der Waals surface area contributed by atoms with Crippen molar-refractivity contribution in [2.75, 3.05) is 6.54 Å². The van der Waals surface area contributed by atoms with Gasteiger partial charge in [0.25, 0.3) is 0 Å². The maximum Gasteiger partial charge on any atom is 0.112 e. The highest BCUT2D eigenvalue weighted by Gasteiger charge is 2.31. The molecule has 1 aliphatic heterocycles. The molecule has 5 rings (SSSR count). The Balaban J connectivity index is 1.31. The second-order valence-corrected chi connectivity index (χ2v) is 7.15. The van der Waals surface area contributed by atoms with E-state index in [9.17, 15) is 0 Å². The number of para-hydroxylation sites is 1. The van der Waals surface area contributed by atoms with Gasteiger partial charge >= 0.3 is 0 Å². The van der Waals surface area contributed by atoms with E-state index in [-0.39, 0.29) is 0 Å². The summed E-state index contributed by atoms with van der Waals surface area (Å²) in [4.78, 5) is 7.36. The van der Waals surface area contributed by atoms with E-state index in [1.165, 1.54) is 30.1 Å². The van der Waals surface area contributed by atoms with Crippen molar-refractivity contribution in [3.8, 4) is 5.69 Å². The zero-order valence-corrected chi connectivity index (χ0v) is 14.5. The van der Waals surface area contributed by atoms with Crippen molar-refractivity contribution in [2.45, 2.75) is 38.3 Å². The predicted molar refractivity (Wildman–Crippen MR) is 94.4 cm³/mol. The molecule has 128 valence electrons. The van der Waals surface area contributed by atoms with E-state index in [0.717, 1.165) is 37.4 Å². The largest absolute Gasteiger partial charge is 0.335 e. The van der Waals surface area contributed by atoms with Gasteiger partial charge in [0.15, 0.2) is 0 Å². The van der Waals surface area contributed by atoms with Crippen LogP contribution in [0.3, 0.4) is 0 Å². The van der Waals surface area contributed by atoms with E-state index < -0.39 is 0 Å². The van der Waals surface area contributed by atoms with Crippen LogP contribution in [0.5, 0.6) is 0 Å². The quantitative estimate of drug-likeness (QED) is 0.735. The molecule has 6 heteroatoms. The fourth-order valence-corrected chi connectivity index (χ4v) is 3.75. The zero-order chi connectivity index (χ0) is 16.8. The van der Waals surface area contributed by atoms with Gasteiger partial charge in [-0.3, -0.25) is 4.90 Å². The van der Waals surface area contributed by atoms with Gasteiger partial charge in [-0.05, 0) is 25.0 Å². The van der Waals surface area contributed by atoms with Crippen molar-refractivity contribution in [3.63, 3.8) is 0 Å². The lowest BCUT2D eigenvalue weighted by Crippen LogP contribution is -2.30. The number of benzene rings is 1. The summed E-state index contributed by atoms with van der Waals surface area (Å²) in [6, 6.07) is 10.1. The minimum Gasteiger partial charge on any atom is -0.335 e. The number of fused-ring (bicyclic) bond motifs is 1. The van der Waals surface area contributed by atoms with Crippen LogP contribution in [0.2, 0.25) is 0 Å². The van der Waals surface area contributed by atoms with E-state index in [2.05, 4.69) is 26.8 Å². The topological polar surface area (TPSA) is 51.8 Å². The highest BCUT2D eigenvalue weighted by molar-refractivity contribution is 5.30. The smallest absolute Gasteiger partial charge is 0.112 e. The third kappa shape index (κ3) is 2.76. The van der Waals surface area contributed by atoms with Crippen LogP contribution in [-0.2, 0) is 26.6 Å². The van der Waals surface area contributed by atoms with Crippen LogP contribution in [0.15, 0.2) is 36.5 Å². The van der Waals surface area contributed by atoms with Crippen LogP contribution >= 0.6 is 0 Å². The molecule has 2 aromatic heterocycles. The minimum atomic E-state index is 0.704. The van der Waals surface area contributed by atoms with Gasteiger partial charge in [-0.2, -0.15) is 0 Å². The number of imidazole rings is 1. The summed E-state index contributed by atoms with van der Waals surface area (Å²) in [6.45, 7) is 2.78. The molecule has 0 unspecified atom stereocenters. The molecule has 1 fully saturated rings. The van der Waals surface area contributed by atoms with Crippen LogP contribution in [0.1, 0.15) is 41.7 Å². The molecule has 0 spiro atoms. The molecule has 0 atom stereocenters. The monoisotopic (exact) mass is 334 g/mol. The summed E-state index contributed by atoms with van der Waals surface area (Å²) < 4.78 is 4.19. The van der Waals surface area contributed by atoms with Gasteiger partial charge in [-0.25, -0.2) is 9.67 Å². The third-order valence-electron chi connectivity index (χ3n) is 5.26. The molecule has 0 bridgehead atoms. The summed E-state index contributed by atoms with van der Waals surface area (Å²) in [7, 11) is 2.18. The molecule has 0 amide bonds. The number of rotatable bonds is 4. The highest BCUT2D eigenvalue weighted by atomic mass is 15.4. The number of aromatic nitrogens is 5. The Morgan fingerprint density at radius 2 is 2.00 bits per heavy atom. The summed E-state index contributed by atoms with van der Waals surface area (Å²) in [5.74, 6) is 2.00. The van der Waals surface area contributed by atoms with E-state index in [1.807, 2.05) is 41.2 Å². The van der Waals surface area contributed by atoms with Crippen molar-refractivity contribution >= 4 is 0 Å². The first-order valence-electron chi connectivity index (χ1n) is 9.01. The molecule has 1 aromatic carbocycles. The van der Waals surface area contributed by atoms with Gasteiger partial charge in [-0.15, -0.1) is 5.10 Å². The van der Waals surface area contributed by atoms with Gasteiger partial charge in [0, 0.05) is 44.7 Å². The predicted octanol–water partition coefficient (Wildman–Crippen LogP) is 2.44. The van der Waals surface area contributed by atoms with Crippen molar-refractivity contribution in [1.29, 1.82) is 0 Å². The Bertz CT molecular complexity index is 890. The van der Waals surface area contributed by atoms with Crippen molar-refractivity contribution < 1.29 is 0 Å². The van der Waals surface area contributed by atoms with Gasteiger partial charge in [0.05, 0.1) is 23.3 Å². The van der Waals surface area contributed by atoms with Crippen molar-refractivity contribution in [2.24, 2.45) is 7.05 Å². The number of nitrogens with zero attached hydrogens (tertiary/aromatic N) is 6. The second kappa shape index (κ2) is 5.81. The Labute approximate surface area is 147 Å². The first kappa shape index (κ1) is 14.8. The van der Waals surface area contributed by atoms with Gasteiger partial charge in [-0.1, -0.05) is 23.4 Å². The SMILES string of the molecule is Cn1c(C2CC2)nc2c1CCN(Cc1cn(-c3ccccc3)nn1)C2. The lowest BCUT2D eigenvalue weighted by Gasteiger charge is -2.25. The van der Waals surface area contributed by atoms with Crippen LogP contribution < -0.4 is 0 Å². The summed E-state index contributed by atoms with van der Waals surface area (Å²) >= 11 is 0. The molecule has 0 radical (unpaired) electrons. The zero-order valence-electron chi connectivity index (χ0n) is 14.5. The van der Waals surface area contributed by atoms with Crippen molar-refractivity contribution in [1.82, 2.24) is 29.4 Å². The van der Waals surface area contributed by atoms with Crippen LogP contribution in [0, 0.1) is 0 Å². The Kier molecular flexibility index (Phi) is 3.45. The standard InChI is InChI=1S/C19H22N6/c1-23-18-9-10-24(13-17(18)20-19(23)14-7-8-14)11-15-12-25(22-21-15)16-5-3-2-4-6-16/h2-6,12,14H,7-11,13H2,1H3. The average Bonchev–Trinajstić information content (AvgIpc) is 3.30. The van der Waals surface area contributed by atoms with Gasteiger partial charge in [0.1, 0.15) is 5.82 Å². The van der Waals surface area contributed by atoms with Gasteiger partial charge < -0.3 is 4.57 Å². The first-order chi connectivity index (χ1) is 12.3. The summed E-state index contributed by atoms with van der Waals surface area (Å²) in [5, 5.41) is 8.62. The molecule has 1 saturated carbocycles. The molecule has 3 aromatic rings. The van der Waals surface area contributed by atoms with E-state index in [1.54, 1.807) is 0 Å². The summed E-state index contributed by atoms with van der Waals surface area (Å²) in [6.07, 6.45) is 5.70.